The van der Waals surface area contributed by atoms with Gasteiger partial charge in [-0.1, -0.05) is 11.6 Å². The number of aromatic amines is 1. The summed E-state index contributed by atoms with van der Waals surface area (Å²) in [7, 11) is 3.27. The minimum absolute atomic E-state index is 0.0233. The smallest absolute Gasteiger partial charge is 0.227 e. The molecular formula is C23H19ClF2N4O2. The van der Waals surface area contributed by atoms with Gasteiger partial charge in [-0.05, 0) is 24.6 Å². The average Bonchev–Trinajstić information content (AvgIpc) is 3.22. The second-order valence-electron chi connectivity index (χ2n) is 7.96. The van der Waals surface area contributed by atoms with Gasteiger partial charge in [0.1, 0.15) is 5.69 Å². The van der Waals surface area contributed by atoms with E-state index in [1.807, 2.05) is 6.07 Å². The van der Waals surface area contributed by atoms with E-state index in [0.717, 1.165) is 6.07 Å². The molecule has 1 aliphatic heterocycles. The first-order valence-electron chi connectivity index (χ1n) is 9.92. The number of carbonyl (C=O) groups is 1. The first kappa shape index (κ1) is 21.8. The van der Waals surface area contributed by atoms with Crippen LogP contribution in [0.15, 0.2) is 35.1 Å². The van der Waals surface area contributed by atoms with Gasteiger partial charge >= 0.3 is 0 Å². The van der Waals surface area contributed by atoms with E-state index in [4.69, 9.17) is 16.9 Å². The van der Waals surface area contributed by atoms with Crippen LogP contribution in [0.1, 0.15) is 12.0 Å². The van der Waals surface area contributed by atoms with Gasteiger partial charge in [-0.25, -0.2) is 8.78 Å². The van der Waals surface area contributed by atoms with Gasteiger partial charge < -0.3 is 14.8 Å². The van der Waals surface area contributed by atoms with Crippen molar-refractivity contribution in [2.45, 2.75) is 6.42 Å². The molecule has 2 aromatic carbocycles. The van der Waals surface area contributed by atoms with Gasteiger partial charge in [0.05, 0.1) is 34.1 Å². The predicted molar refractivity (Wildman–Crippen MR) is 119 cm³/mol. The Labute approximate surface area is 187 Å². The van der Waals surface area contributed by atoms with Crippen LogP contribution in [0.2, 0.25) is 5.02 Å². The molecule has 0 bridgehead atoms. The van der Waals surface area contributed by atoms with Gasteiger partial charge in [0, 0.05) is 49.9 Å². The fourth-order valence-electron chi connectivity index (χ4n) is 4.10. The van der Waals surface area contributed by atoms with Crippen molar-refractivity contribution in [3.63, 3.8) is 0 Å². The molecule has 1 atom stereocenters. The number of H-pyrrole nitrogens is 1. The molecule has 0 spiro atoms. The van der Waals surface area contributed by atoms with Crippen molar-refractivity contribution in [2.75, 3.05) is 32.1 Å². The van der Waals surface area contributed by atoms with Crippen LogP contribution in [0, 0.1) is 28.9 Å². The van der Waals surface area contributed by atoms with E-state index in [1.54, 1.807) is 14.1 Å². The minimum atomic E-state index is -0.970. The molecular weight excluding hydrogens is 438 g/mol. The normalized spacial score (nSPS) is 15.8. The van der Waals surface area contributed by atoms with Crippen LogP contribution in [0.4, 0.5) is 14.5 Å². The number of carbonyl (C=O) groups excluding carboxylic acids is 1. The van der Waals surface area contributed by atoms with E-state index in [9.17, 15) is 9.59 Å². The third-order valence-corrected chi connectivity index (χ3v) is 5.99. The van der Waals surface area contributed by atoms with Crippen molar-refractivity contribution in [2.24, 2.45) is 5.92 Å². The molecule has 1 amide bonds. The summed E-state index contributed by atoms with van der Waals surface area (Å²) in [6.07, 6.45) is 0.469. The molecule has 1 aromatic heterocycles. The molecule has 164 valence electrons. The lowest BCUT2D eigenvalue weighted by atomic mass is 10.1. The number of amides is 1. The summed E-state index contributed by atoms with van der Waals surface area (Å²) in [5.41, 5.74) is -0.0350. The molecule has 1 fully saturated rings. The third-order valence-electron chi connectivity index (χ3n) is 5.67. The molecule has 1 N–H and O–H groups in total. The number of aromatic nitrogens is 1. The maximum Gasteiger partial charge on any atom is 0.227 e. The zero-order valence-corrected chi connectivity index (χ0v) is 18.1. The molecule has 9 heteroatoms. The van der Waals surface area contributed by atoms with E-state index in [-0.39, 0.29) is 45.7 Å². The molecule has 0 aliphatic carbocycles. The highest BCUT2D eigenvalue weighted by Crippen LogP contribution is 2.34. The Morgan fingerprint density at radius 3 is 2.72 bits per heavy atom. The van der Waals surface area contributed by atoms with Gasteiger partial charge in [-0.2, -0.15) is 5.26 Å². The standard InChI is InChI=1S/C23H19ClF2N4O2/c1-29(2)23(32)13-5-6-30(11-13)22-16(25)8-18-20(21(22)26)19(31)9-17(28-18)14-7-12(10-27)3-4-15(14)24/h3-4,7-9,13H,5-6,11H2,1-2H3,(H,28,31). The number of halogens is 3. The van der Waals surface area contributed by atoms with Gasteiger partial charge in [-0.3, -0.25) is 9.59 Å². The largest absolute Gasteiger partial charge is 0.366 e. The molecule has 6 nitrogen and oxygen atoms in total. The molecule has 3 aromatic rings. The van der Waals surface area contributed by atoms with Crippen LogP contribution in [0.5, 0.6) is 0 Å². The number of hydrogen-bond donors (Lipinski definition) is 1. The highest BCUT2D eigenvalue weighted by atomic mass is 35.5. The zero-order chi connectivity index (χ0) is 23.2. The molecule has 1 saturated heterocycles. The maximum atomic E-state index is 15.4. The van der Waals surface area contributed by atoms with Crippen molar-refractivity contribution in [1.29, 1.82) is 5.26 Å². The van der Waals surface area contributed by atoms with Crippen LogP contribution in [-0.2, 0) is 4.79 Å². The molecule has 4 rings (SSSR count). The van der Waals surface area contributed by atoms with Crippen LogP contribution in [0.3, 0.4) is 0 Å². The molecule has 0 radical (unpaired) electrons. The Morgan fingerprint density at radius 2 is 2.03 bits per heavy atom. The first-order chi connectivity index (χ1) is 15.2. The second-order valence-corrected chi connectivity index (χ2v) is 8.37. The van der Waals surface area contributed by atoms with Crippen LogP contribution in [-0.4, -0.2) is 43.0 Å². The van der Waals surface area contributed by atoms with E-state index < -0.39 is 17.1 Å². The average molecular weight is 457 g/mol. The van der Waals surface area contributed by atoms with Crippen molar-refractivity contribution >= 4 is 34.1 Å². The van der Waals surface area contributed by atoms with Crippen molar-refractivity contribution in [1.82, 2.24) is 9.88 Å². The summed E-state index contributed by atoms with van der Waals surface area (Å²) in [6, 6.07) is 8.77. The predicted octanol–water partition coefficient (Wildman–Crippen LogP) is 3.91. The monoisotopic (exact) mass is 456 g/mol. The zero-order valence-electron chi connectivity index (χ0n) is 17.4. The highest BCUT2D eigenvalue weighted by Gasteiger charge is 2.33. The number of hydrogen-bond acceptors (Lipinski definition) is 4. The Hall–Kier alpha value is -3.44. The van der Waals surface area contributed by atoms with E-state index in [1.165, 1.54) is 34.1 Å². The lowest BCUT2D eigenvalue weighted by Gasteiger charge is -2.22. The van der Waals surface area contributed by atoms with Gasteiger partial charge in [0.2, 0.25) is 5.91 Å². The first-order valence-corrected chi connectivity index (χ1v) is 10.3. The fourth-order valence-corrected chi connectivity index (χ4v) is 4.32. The third kappa shape index (κ3) is 3.69. The minimum Gasteiger partial charge on any atom is -0.366 e. The summed E-state index contributed by atoms with van der Waals surface area (Å²) in [6.45, 7) is 0.471. The molecule has 1 aliphatic rings. The van der Waals surface area contributed by atoms with Crippen LogP contribution in [0.25, 0.3) is 22.2 Å². The van der Waals surface area contributed by atoms with Crippen molar-refractivity contribution in [3.8, 4) is 17.3 Å². The van der Waals surface area contributed by atoms with Crippen molar-refractivity contribution in [3.05, 3.63) is 62.8 Å². The SMILES string of the molecule is CN(C)C(=O)C1CCN(c2c(F)cc3[nH]c(-c4cc(C#N)ccc4Cl)cc(=O)c3c2F)C1. The van der Waals surface area contributed by atoms with E-state index in [2.05, 4.69) is 4.98 Å². The fraction of sp³-hybridized carbons (Fsp3) is 0.261. The number of benzene rings is 2. The van der Waals surface area contributed by atoms with Gasteiger partial charge in [0.25, 0.3) is 0 Å². The molecule has 0 saturated carbocycles. The van der Waals surface area contributed by atoms with Crippen molar-refractivity contribution < 1.29 is 13.6 Å². The molecule has 2 heterocycles. The topological polar surface area (TPSA) is 80.2 Å². The molecule has 1 unspecified atom stereocenters. The lowest BCUT2D eigenvalue weighted by Crippen LogP contribution is -2.32. The summed E-state index contributed by atoms with van der Waals surface area (Å²) >= 11 is 6.21. The van der Waals surface area contributed by atoms with Crippen LogP contribution >= 0.6 is 11.6 Å². The quantitative estimate of drug-likeness (QED) is 0.648. The van der Waals surface area contributed by atoms with Gasteiger partial charge in [0.15, 0.2) is 17.1 Å². The number of pyridine rings is 1. The number of fused-ring (bicyclic) bond motifs is 1. The summed E-state index contributed by atoms with van der Waals surface area (Å²) < 4.78 is 30.4. The van der Waals surface area contributed by atoms with E-state index in [0.29, 0.717) is 24.1 Å². The number of nitriles is 1. The van der Waals surface area contributed by atoms with Crippen LogP contribution < -0.4 is 10.3 Å². The number of nitrogens with one attached hydrogen (secondary N) is 1. The number of anilines is 1. The lowest BCUT2D eigenvalue weighted by molar-refractivity contribution is -0.132. The van der Waals surface area contributed by atoms with E-state index >= 15 is 8.78 Å². The number of nitrogens with zero attached hydrogens (tertiary/aromatic N) is 3. The summed E-state index contributed by atoms with van der Waals surface area (Å²) in [5.74, 6) is -2.27. The number of rotatable bonds is 3. The maximum absolute atomic E-state index is 15.4. The second kappa shape index (κ2) is 8.24. The summed E-state index contributed by atoms with van der Waals surface area (Å²) in [5, 5.41) is 9.13. The Bertz CT molecular complexity index is 1350. The Kier molecular flexibility index (Phi) is 5.61. The van der Waals surface area contributed by atoms with Gasteiger partial charge in [-0.15, -0.1) is 0 Å². The summed E-state index contributed by atoms with van der Waals surface area (Å²) in [4.78, 5) is 30.9. The Balaban J connectivity index is 1.80. The molecule has 32 heavy (non-hydrogen) atoms. The highest BCUT2D eigenvalue weighted by molar-refractivity contribution is 6.33. The Morgan fingerprint density at radius 1 is 1.28 bits per heavy atom.